The normalized spacial score (nSPS) is 15.9. The molecular formula is C7H13N. The molecule has 1 nitrogen and oxygen atoms in total. The molecule has 0 radical (unpaired) electrons. The number of allylic oxidation sites excluding steroid dienone is 3. The highest BCUT2D eigenvalue weighted by molar-refractivity contribution is 5.03. The Labute approximate surface area is 50.9 Å². The summed E-state index contributed by atoms with van der Waals surface area (Å²) in [5.41, 5.74) is 5.41. The second kappa shape index (κ2) is 4.60. The maximum absolute atomic E-state index is 5.41. The van der Waals surface area contributed by atoms with E-state index in [9.17, 15) is 0 Å². The molecule has 1 heteroatoms. The third-order valence-corrected chi connectivity index (χ3v) is 0.718. The molecule has 1 atom stereocenters. The van der Waals surface area contributed by atoms with Crippen molar-refractivity contribution in [3.05, 3.63) is 24.3 Å². The Hall–Kier alpha value is -0.560. The molecule has 0 fully saturated rings. The van der Waals surface area contributed by atoms with Crippen LogP contribution in [0.5, 0.6) is 0 Å². The Morgan fingerprint density at radius 2 is 2.00 bits per heavy atom. The Morgan fingerprint density at radius 1 is 1.38 bits per heavy atom. The summed E-state index contributed by atoms with van der Waals surface area (Å²) in [6.45, 7) is 3.92. The first kappa shape index (κ1) is 7.44. The maximum atomic E-state index is 5.41. The van der Waals surface area contributed by atoms with Crippen LogP contribution in [0.2, 0.25) is 0 Å². The van der Waals surface area contributed by atoms with Gasteiger partial charge in [0.15, 0.2) is 0 Å². The predicted octanol–water partition coefficient (Wildman–Crippen LogP) is 1.47. The van der Waals surface area contributed by atoms with Crippen molar-refractivity contribution in [3.63, 3.8) is 0 Å². The summed E-state index contributed by atoms with van der Waals surface area (Å²) >= 11 is 0. The van der Waals surface area contributed by atoms with Crippen molar-refractivity contribution in [2.45, 2.75) is 19.9 Å². The lowest BCUT2D eigenvalue weighted by Crippen LogP contribution is -2.09. The minimum Gasteiger partial charge on any atom is -0.325 e. The molecule has 0 aromatic heterocycles. The molecule has 0 amide bonds. The smallest absolute Gasteiger partial charge is 0.0197 e. The van der Waals surface area contributed by atoms with E-state index in [-0.39, 0.29) is 6.04 Å². The molecule has 0 bridgehead atoms. The minimum absolute atomic E-state index is 0.172. The zero-order chi connectivity index (χ0) is 6.41. The van der Waals surface area contributed by atoms with Crippen LogP contribution < -0.4 is 5.73 Å². The summed E-state index contributed by atoms with van der Waals surface area (Å²) in [4.78, 5) is 0. The quantitative estimate of drug-likeness (QED) is 0.536. The van der Waals surface area contributed by atoms with Crippen LogP contribution >= 0.6 is 0 Å². The molecule has 0 rings (SSSR count). The average Bonchev–Trinajstić information content (AvgIpc) is 1.66. The van der Waals surface area contributed by atoms with Crippen LogP contribution in [0.1, 0.15) is 13.8 Å². The minimum atomic E-state index is 0.172. The molecule has 0 aromatic rings. The van der Waals surface area contributed by atoms with E-state index in [1.54, 1.807) is 0 Å². The van der Waals surface area contributed by atoms with Crippen molar-refractivity contribution in [2.24, 2.45) is 5.73 Å². The highest BCUT2D eigenvalue weighted by Crippen LogP contribution is 1.79. The van der Waals surface area contributed by atoms with Crippen molar-refractivity contribution < 1.29 is 0 Å². The summed E-state index contributed by atoms with van der Waals surface area (Å²) < 4.78 is 0. The highest BCUT2D eigenvalue weighted by atomic mass is 14.6. The van der Waals surface area contributed by atoms with Crippen molar-refractivity contribution in [1.29, 1.82) is 0 Å². The van der Waals surface area contributed by atoms with Crippen LogP contribution in [0.25, 0.3) is 0 Å². The third kappa shape index (κ3) is 5.44. The van der Waals surface area contributed by atoms with E-state index in [0.29, 0.717) is 0 Å². The molecule has 0 aromatic carbocycles. The molecule has 2 N–H and O–H groups in total. The van der Waals surface area contributed by atoms with E-state index < -0.39 is 0 Å². The fourth-order valence-electron chi connectivity index (χ4n) is 0.351. The molecule has 0 aliphatic rings. The first-order chi connectivity index (χ1) is 3.77. The van der Waals surface area contributed by atoms with Gasteiger partial charge in [0, 0.05) is 6.04 Å². The maximum Gasteiger partial charge on any atom is 0.0197 e. The summed E-state index contributed by atoms with van der Waals surface area (Å²) in [5, 5.41) is 0. The highest BCUT2D eigenvalue weighted by Gasteiger charge is 1.77. The molecule has 0 heterocycles. The monoisotopic (exact) mass is 111 g/mol. The van der Waals surface area contributed by atoms with Crippen LogP contribution in [0.3, 0.4) is 0 Å². The Balaban J connectivity index is 3.34. The lowest BCUT2D eigenvalue weighted by Gasteiger charge is -1.89. The lowest BCUT2D eigenvalue weighted by molar-refractivity contribution is 0.926. The van der Waals surface area contributed by atoms with Gasteiger partial charge in [-0.2, -0.15) is 0 Å². The van der Waals surface area contributed by atoms with Crippen LogP contribution in [0.15, 0.2) is 24.3 Å². The molecule has 0 unspecified atom stereocenters. The molecule has 0 saturated heterocycles. The fraction of sp³-hybridized carbons (Fsp3) is 0.429. The molecule has 0 aliphatic carbocycles. The predicted molar refractivity (Wildman–Crippen MR) is 37.6 cm³/mol. The first-order valence-electron chi connectivity index (χ1n) is 2.82. The fourth-order valence-corrected chi connectivity index (χ4v) is 0.351. The van der Waals surface area contributed by atoms with Crippen molar-refractivity contribution in [3.8, 4) is 0 Å². The van der Waals surface area contributed by atoms with Gasteiger partial charge in [-0.05, 0) is 13.8 Å². The third-order valence-electron chi connectivity index (χ3n) is 0.718. The summed E-state index contributed by atoms with van der Waals surface area (Å²) in [6, 6.07) is 0.172. The average molecular weight is 111 g/mol. The van der Waals surface area contributed by atoms with Gasteiger partial charge < -0.3 is 5.73 Å². The zero-order valence-corrected chi connectivity index (χ0v) is 5.46. The Bertz CT molecular complexity index is 90.6. The molecule has 46 valence electrons. The van der Waals surface area contributed by atoms with Gasteiger partial charge in [-0.25, -0.2) is 0 Å². The topological polar surface area (TPSA) is 26.0 Å². The SMILES string of the molecule is C/C=C\C=C/[C@@H](C)N. The van der Waals surface area contributed by atoms with Crippen LogP contribution in [-0.2, 0) is 0 Å². The van der Waals surface area contributed by atoms with E-state index in [2.05, 4.69) is 0 Å². The zero-order valence-electron chi connectivity index (χ0n) is 5.46. The van der Waals surface area contributed by atoms with Gasteiger partial charge in [0.2, 0.25) is 0 Å². The van der Waals surface area contributed by atoms with E-state index in [1.165, 1.54) is 0 Å². The second-order valence-electron chi connectivity index (χ2n) is 1.77. The van der Waals surface area contributed by atoms with Gasteiger partial charge in [-0.1, -0.05) is 24.3 Å². The van der Waals surface area contributed by atoms with Crippen LogP contribution in [0.4, 0.5) is 0 Å². The number of rotatable bonds is 2. The van der Waals surface area contributed by atoms with Gasteiger partial charge in [0.1, 0.15) is 0 Å². The van der Waals surface area contributed by atoms with E-state index in [1.807, 2.05) is 38.2 Å². The van der Waals surface area contributed by atoms with Crippen molar-refractivity contribution in [1.82, 2.24) is 0 Å². The standard InChI is InChI=1S/C7H13N/c1-3-4-5-6-7(2)8/h3-7H,8H2,1-2H3/b4-3-,6-5-/t7-/m1/s1. The second-order valence-corrected chi connectivity index (χ2v) is 1.77. The molecule has 0 aliphatic heterocycles. The van der Waals surface area contributed by atoms with E-state index in [4.69, 9.17) is 5.73 Å². The van der Waals surface area contributed by atoms with Gasteiger partial charge in [-0.3, -0.25) is 0 Å². The summed E-state index contributed by atoms with van der Waals surface area (Å²) in [5.74, 6) is 0. The van der Waals surface area contributed by atoms with Gasteiger partial charge >= 0.3 is 0 Å². The number of nitrogens with two attached hydrogens (primary N) is 1. The molecular weight excluding hydrogens is 98.1 g/mol. The number of hydrogen-bond donors (Lipinski definition) is 1. The lowest BCUT2D eigenvalue weighted by atomic mass is 10.3. The summed E-state index contributed by atoms with van der Waals surface area (Å²) in [6.07, 6.45) is 7.83. The molecule has 0 spiro atoms. The van der Waals surface area contributed by atoms with Crippen molar-refractivity contribution in [2.75, 3.05) is 0 Å². The first-order valence-corrected chi connectivity index (χ1v) is 2.82. The summed E-state index contributed by atoms with van der Waals surface area (Å²) in [7, 11) is 0. The van der Waals surface area contributed by atoms with E-state index >= 15 is 0 Å². The van der Waals surface area contributed by atoms with Gasteiger partial charge in [0.25, 0.3) is 0 Å². The van der Waals surface area contributed by atoms with Crippen molar-refractivity contribution >= 4 is 0 Å². The molecule has 0 saturated carbocycles. The van der Waals surface area contributed by atoms with Crippen LogP contribution in [0, 0.1) is 0 Å². The van der Waals surface area contributed by atoms with Gasteiger partial charge in [0.05, 0.1) is 0 Å². The molecule has 8 heavy (non-hydrogen) atoms. The Kier molecular flexibility index (Phi) is 4.27. The van der Waals surface area contributed by atoms with Gasteiger partial charge in [-0.15, -0.1) is 0 Å². The Morgan fingerprint density at radius 3 is 2.38 bits per heavy atom. The number of hydrogen-bond acceptors (Lipinski definition) is 1. The van der Waals surface area contributed by atoms with Crippen LogP contribution in [-0.4, -0.2) is 6.04 Å². The largest absolute Gasteiger partial charge is 0.325 e. The van der Waals surface area contributed by atoms with E-state index in [0.717, 1.165) is 0 Å².